The van der Waals surface area contributed by atoms with E-state index in [2.05, 4.69) is 9.97 Å². The van der Waals surface area contributed by atoms with Crippen molar-refractivity contribution < 1.29 is 19.4 Å². The molecule has 0 aliphatic rings. The van der Waals surface area contributed by atoms with E-state index in [-0.39, 0.29) is 17.1 Å². The number of aromatic nitrogens is 2. The molecule has 0 saturated carbocycles. The van der Waals surface area contributed by atoms with E-state index in [9.17, 15) is 9.59 Å². The number of hydrogen-bond donors (Lipinski definition) is 2. The van der Waals surface area contributed by atoms with Gasteiger partial charge in [0, 0.05) is 0 Å². The maximum Gasteiger partial charge on any atom is 0.335 e. The van der Waals surface area contributed by atoms with Gasteiger partial charge in [0.25, 0.3) is 5.56 Å². The molecule has 0 spiro atoms. The number of carbonyl (C=O) groups is 1. The zero-order chi connectivity index (χ0) is 18.8. The second kappa shape index (κ2) is 6.87. The highest BCUT2D eigenvalue weighted by Crippen LogP contribution is 2.37. The van der Waals surface area contributed by atoms with Gasteiger partial charge in [-0.2, -0.15) is 0 Å². The summed E-state index contributed by atoms with van der Waals surface area (Å²) in [4.78, 5) is 30.7. The molecule has 0 amide bonds. The topological polar surface area (TPSA) is 102 Å². The predicted octanol–water partition coefficient (Wildman–Crippen LogP) is 3.08. The van der Waals surface area contributed by atoms with Crippen LogP contribution in [0.5, 0.6) is 11.5 Å². The van der Waals surface area contributed by atoms with Crippen LogP contribution < -0.4 is 15.0 Å². The average molecular weight is 354 g/mol. The molecule has 3 aromatic rings. The monoisotopic (exact) mass is 354 g/mol. The van der Waals surface area contributed by atoms with Gasteiger partial charge in [-0.1, -0.05) is 6.07 Å². The third-order valence-electron chi connectivity index (χ3n) is 3.76. The number of rotatable bonds is 5. The number of carboxylic acids is 1. The van der Waals surface area contributed by atoms with Gasteiger partial charge in [0.2, 0.25) is 0 Å². The standard InChI is InChI=1S/C19H18N2O5/c1-10(2)26-16-12(5-4-6-15(16)25-3)17-20-14-8-7-11(19(23)24)9-13(14)18(22)21-17/h4-10H,1-3H3,(H,23,24)(H,20,21,22). The maximum absolute atomic E-state index is 12.5. The third kappa shape index (κ3) is 3.23. The van der Waals surface area contributed by atoms with Crippen LogP contribution in [0.4, 0.5) is 0 Å². The summed E-state index contributed by atoms with van der Waals surface area (Å²) in [5.74, 6) is 0.228. The summed E-state index contributed by atoms with van der Waals surface area (Å²) < 4.78 is 11.2. The van der Waals surface area contributed by atoms with Crippen LogP contribution in [0, 0.1) is 0 Å². The third-order valence-corrected chi connectivity index (χ3v) is 3.76. The quantitative estimate of drug-likeness (QED) is 0.730. The van der Waals surface area contributed by atoms with Crippen molar-refractivity contribution in [3.05, 3.63) is 52.3 Å². The van der Waals surface area contributed by atoms with E-state index < -0.39 is 11.5 Å². The van der Waals surface area contributed by atoms with E-state index in [1.54, 1.807) is 18.2 Å². The molecule has 1 aromatic heterocycles. The Balaban J connectivity index is 2.22. The second-order valence-electron chi connectivity index (χ2n) is 5.96. The molecule has 0 saturated heterocycles. The van der Waals surface area contributed by atoms with Crippen LogP contribution in [0.15, 0.2) is 41.2 Å². The van der Waals surface area contributed by atoms with Crippen molar-refractivity contribution >= 4 is 16.9 Å². The van der Waals surface area contributed by atoms with E-state index in [1.165, 1.54) is 25.3 Å². The molecule has 7 nitrogen and oxygen atoms in total. The minimum absolute atomic E-state index is 0.0303. The summed E-state index contributed by atoms with van der Waals surface area (Å²) in [6.45, 7) is 3.78. The zero-order valence-electron chi connectivity index (χ0n) is 14.6. The Kier molecular flexibility index (Phi) is 4.62. The number of carboxylic acid groups (broad SMARTS) is 1. The molecule has 7 heteroatoms. The molecule has 3 rings (SSSR count). The van der Waals surface area contributed by atoms with Gasteiger partial charge in [-0.15, -0.1) is 0 Å². The van der Waals surface area contributed by atoms with Gasteiger partial charge in [-0.3, -0.25) is 4.79 Å². The van der Waals surface area contributed by atoms with Crippen molar-refractivity contribution in [2.45, 2.75) is 20.0 Å². The number of H-pyrrole nitrogens is 1. The summed E-state index contributed by atoms with van der Waals surface area (Å²) in [6, 6.07) is 9.55. The number of aromatic amines is 1. The summed E-state index contributed by atoms with van der Waals surface area (Å²) in [5.41, 5.74) is 0.584. The van der Waals surface area contributed by atoms with Gasteiger partial charge < -0.3 is 19.6 Å². The van der Waals surface area contributed by atoms with Crippen LogP contribution in [0.1, 0.15) is 24.2 Å². The van der Waals surface area contributed by atoms with Gasteiger partial charge in [0.05, 0.1) is 35.2 Å². The van der Waals surface area contributed by atoms with E-state index in [0.29, 0.717) is 28.4 Å². The van der Waals surface area contributed by atoms with Crippen LogP contribution in [0.25, 0.3) is 22.3 Å². The molecule has 0 bridgehead atoms. The van der Waals surface area contributed by atoms with Crippen molar-refractivity contribution in [3.8, 4) is 22.9 Å². The molecule has 0 aliphatic carbocycles. The Morgan fingerprint density at radius 2 is 2.00 bits per heavy atom. The lowest BCUT2D eigenvalue weighted by molar-refractivity contribution is 0.0697. The molecular weight excluding hydrogens is 336 g/mol. The molecular formula is C19H18N2O5. The van der Waals surface area contributed by atoms with Crippen molar-refractivity contribution in [3.63, 3.8) is 0 Å². The summed E-state index contributed by atoms with van der Waals surface area (Å²) >= 11 is 0. The molecule has 0 radical (unpaired) electrons. The Morgan fingerprint density at radius 1 is 1.23 bits per heavy atom. The second-order valence-corrected chi connectivity index (χ2v) is 5.96. The fourth-order valence-electron chi connectivity index (χ4n) is 2.62. The normalized spacial score (nSPS) is 10.9. The number of para-hydroxylation sites is 1. The predicted molar refractivity (Wildman–Crippen MR) is 97.1 cm³/mol. The van der Waals surface area contributed by atoms with Crippen molar-refractivity contribution in [1.29, 1.82) is 0 Å². The van der Waals surface area contributed by atoms with Crippen LogP contribution >= 0.6 is 0 Å². The van der Waals surface area contributed by atoms with E-state index >= 15 is 0 Å². The average Bonchev–Trinajstić information content (AvgIpc) is 2.61. The van der Waals surface area contributed by atoms with Crippen molar-refractivity contribution in [2.24, 2.45) is 0 Å². The van der Waals surface area contributed by atoms with Crippen LogP contribution in [0.2, 0.25) is 0 Å². The van der Waals surface area contributed by atoms with E-state index in [0.717, 1.165) is 0 Å². The minimum Gasteiger partial charge on any atom is -0.493 e. The largest absolute Gasteiger partial charge is 0.493 e. The highest BCUT2D eigenvalue weighted by molar-refractivity contribution is 5.93. The van der Waals surface area contributed by atoms with E-state index in [4.69, 9.17) is 14.6 Å². The molecule has 0 fully saturated rings. The minimum atomic E-state index is -1.10. The summed E-state index contributed by atoms with van der Waals surface area (Å²) in [6.07, 6.45) is -0.102. The molecule has 1 heterocycles. The first-order chi connectivity index (χ1) is 12.4. The maximum atomic E-state index is 12.5. The van der Waals surface area contributed by atoms with Crippen molar-refractivity contribution in [2.75, 3.05) is 7.11 Å². The molecule has 2 aromatic carbocycles. The van der Waals surface area contributed by atoms with Gasteiger partial charge in [-0.05, 0) is 44.2 Å². The number of hydrogen-bond acceptors (Lipinski definition) is 5. The Morgan fingerprint density at radius 3 is 2.65 bits per heavy atom. The highest BCUT2D eigenvalue weighted by Gasteiger charge is 2.17. The zero-order valence-corrected chi connectivity index (χ0v) is 14.6. The van der Waals surface area contributed by atoms with E-state index in [1.807, 2.05) is 13.8 Å². The molecule has 0 atom stereocenters. The first-order valence-corrected chi connectivity index (χ1v) is 8.02. The Bertz CT molecular complexity index is 1040. The number of ether oxygens (including phenoxy) is 2. The molecule has 0 aliphatic heterocycles. The fourth-order valence-corrected chi connectivity index (χ4v) is 2.62. The number of aromatic carboxylic acids is 1. The van der Waals surface area contributed by atoms with Gasteiger partial charge in [0.1, 0.15) is 5.82 Å². The Labute approximate surface area is 149 Å². The van der Waals surface area contributed by atoms with Crippen LogP contribution in [-0.4, -0.2) is 34.3 Å². The number of nitrogens with zero attached hydrogens (tertiary/aromatic N) is 1. The number of nitrogens with one attached hydrogen (secondary N) is 1. The fraction of sp³-hybridized carbons (Fsp3) is 0.211. The first kappa shape index (κ1) is 17.5. The van der Waals surface area contributed by atoms with Gasteiger partial charge in [0.15, 0.2) is 11.5 Å². The van der Waals surface area contributed by atoms with Crippen molar-refractivity contribution in [1.82, 2.24) is 9.97 Å². The first-order valence-electron chi connectivity index (χ1n) is 8.02. The number of benzene rings is 2. The lowest BCUT2D eigenvalue weighted by Crippen LogP contribution is -2.12. The van der Waals surface area contributed by atoms with Crippen LogP contribution in [0.3, 0.4) is 0 Å². The smallest absolute Gasteiger partial charge is 0.335 e. The summed E-state index contributed by atoms with van der Waals surface area (Å²) in [5, 5.41) is 9.29. The Hall–Kier alpha value is -3.35. The highest BCUT2D eigenvalue weighted by atomic mass is 16.5. The van der Waals surface area contributed by atoms with Gasteiger partial charge >= 0.3 is 5.97 Å². The molecule has 0 unspecified atom stereocenters. The van der Waals surface area contributed by atoms with Gasteiger partial charge in [-0.25, -0.2) is 9.78 Å². The lowest BCUT2D eigenvalue weighted by Gasteiger charge is -2.17. The molecule has 2 N–H and O–H groups in total. The SMILES string of the molecule is COc1cccc(-c2nc3ccc(C(=O)O)cc3c(=O)[nH]2)c1OC(C)C. The number of methoxy groups -OCH3 is 1. The lowest BCUT2D eigenvalue weighted by atomic mass is 10.1. The molecule has 26 heavy (non-hydrogen) atoms. The summed E-state index contributed by atoms with van der Waals surface area (Å²) in [7, 11) is 1.54. The molecule has 134 valence electrons. The van der Waals surface area contributed by atoms with Crippen LogP contribution in [-0.2, 0) is 0 Å². The number of fused-ring (bicyclic) bond motifs is 1.